The van der Waals surface area contributed by atoms with Crippen molar-refractivity contribution in [1.29, 1.82) is 0 Å². The highest BCUT2D eigenvalue weighted by molar-refractivity contribution is 6.03. The zero-order valence-corrected chi connectivity index (χ0v) is 15.2. The van der Waals surface area contributed by atoms with Gasteiger partial charge in [-0.2, -0.15) is 10.2 Å². The van der Waals surface area contributed by atoms with Crippen LogP contribution in [-0.2, 0) is 11.3 Å². The molecule has 4 heterocycles. The number of carbonyl (C=O) groups is 1. The lowest BCUT2D eigenvalue weighted by Crippen LogP contribution is -2.21. The zero-order valence-electron chi connectivity index (χ0n) is 15.2. The van der Waals surface area contributed by atoms with Crippen LogP contribution in [0.25, 0.3) is 0 Å². The number of carbonyl (C=O) groups excluding carboxylic acids is 1. The van der Waals surface area contributed by atoms with Crippen molar-refractivity contribution in [3.63, 3.8) is 0 Å². The van der Waals surface area contributed by atoms with E-state index in [4.69, 9.17) is 4.74 Å². The summed E-state index contributed by atoms with van der Waals surface area (Å²) in [6, 6.07) is 4.17. The van der Waals surface area contributed by atoms with Crippen LogP contribution in [0.5, 0.6) is 0 Å². The smallest absolute Gasteiger partial charge is 0.276 e. The van der Waals surface area contributed by atoms with Gasteiger partial charge in [0.25, 0.3) is 5.91 Å². The molecule has 1 fully saturated rings. The van der Waals surface area contributed by atoms with Crippen molar-refractivity contribution in [1.82, 2.24) is 24.5 Å². The number of aryl methyl sites for hydroxylation is 1. The Kier molecular flexibility index (Phi) is 4.97. The summed E-state index contributed by atoms with van der Waals surface area (Å²) in [7, 11) is 0. The van der Waals surface area contributed by atoms with E-state index in [-0.39, 0.29) is 5.91 Å². The SMILES string of the molecule is Cc1cn(C2CCOCC2)nc1C(=O)Nc1cnn(Cc2cccnc2)c1. The maximum absolute atomic E-state index is 12.6. The largest absolute Gasteiger partial charge is 0.381 e. The monoisotopic (exact) mass is 366 g/mol. The van der Waals surface area contributed by atoms with Gasteiger partial charge in [-0.15, -0.1) is 0 Å². The van der Waals surface area contributed by atoms with Crippen molar-refractivity contribution in [2.75, 3.05) is 18.5 Å². The van der Waals surface area contributed by atoms with Crippen molar-refractivity contribution in [3.8, 4) is 0 Å². The van der Waals surface area contributed by atoms with Gasteiger partial charge in [-0.05, 0) is 31.4 Å². The predicted octanol–water partition coefficient (Wildman–Crippen LogP) is 2.44. The average Bonchev–Trinajstić information content (AvgIpc) is 3.29. The maximum atomic E-state index is 12.6. The first-order valence-electron chi connectivity index (χ1n) is 9.05. The minimum Gasteiger partial charge on any atom is -0.381 e. The average molecular weight is 366 g/mol. The van der Waals surface area contributed by atoms with E-state index in [9.17, 15) is 4.79 Å². The molecule has 0 radical (unpaired) electrons. The Morgan fingerprint density at radius 2 is 2.15 bits per heavy atom. The number of pyridine rings is 1. The lowest BCUT2D eigenvalue weighted by atomic mass is 10.1. The molecule has 4 rings (SSSR count). The summed E-state index contributed by atoms with van der Waals surface area (Å²) in [5.74, 6) is -0.223. The fourth-order valence-electron chi connectivity index (χ4n) is 3.23. The Morgan fingerprint density at radius 3 is 2.93 bits per heavy atom. The van der Waals surface area contributed by atoms with Gasteiger partial charge in [0.2, 0.25) is 0 Å². The van der Waals surface area contributed by atoms with Crippen LogP contribution >= 0.6 is 0 Å². The summed E-state index contributed by atoms with van der Waals surface area (Å²) >= 11 is 0. The van der Waals surface area contributed by atoms with Crippen molar-refractivity contribution in [3.05, 3.63) is 59.9 Å². The molecule has 1 N–H and O–H groups in total. The first-order chi connectivity index (χ1) is 13.2. The molecule has 0 spiro atoms. The molecule has 0 atom stereocenters. The third-order valence-corrected chi connectivity index (χ3v) is 4.65. The molecular formula is C19H22N6O2. The first-order valence-corrected chi connectivity index (χ1v) is 9.05. The van der Waals surface area contributed by atoms with Gasteiger partial charge in [-0.25, -0.2) is 0 Å². The third-order valence-electron chi connectivity index (χ3n) is 4.65. The predicted molar refractivity (Wildman–Crippen MR) is 99.6 cm³/mol. The van der Waals surface area contributed by atoms with Gasteiger partial charge in [0.05, 0.1) is 24.5 Å². The Morgan fingerprint density at radius 1 is 1.30 bits per heavy atom. The van der Waals surface area contributed by atoms with Crippen LogP contribution in [-0.4, -0.2) is 43.7 Å². The molecule has 0 bridgehead atoms. The number of nitrogens with one attached hydrogen (secondary N) is 1. The molecule has 27 heavy (non-hydrogen) atoms. The summed E-state index contributed by atoms with van der Waals surface area (Å²) in [5, 5.41) is 11.7. The van der Waals surface area contributed by atoms with E-state index in [0.717, 1.165) is 37.2 Å². The van der Waals surface area contributed by atoms with Gasteiger partial charge in [0.15, 0.2) is 5.69 Å². The van der Waals surface area contributed by atoms with E-state index < -0.39 is 0 Å². The van der Waals surface area contributed by atoms with Gasteiger partial charge < -0.3 is 10.1 Å². The van der Waals surface area contributed by atoms with Crippen LogP contribution in [0.15, 0.2) is 43.1 Å². The molecule has 3 aromatic rings. The lowest BCUT2D eigenvalue weighted by molar-refractivity contribution is 0.0661. The summed E-state index contributed by atoms with van der Waals surface area (Å²) in [6.45, 7) is 3.98. The summed E-state index contributed by atoms with van der Waals surface area (Å²) < 4.78 is 9.06. The standard InChI is InChI=1S/C19H22N6O2/c1-14-11-25(17-4-7-27-8-5-17)23-18(14)19(26)22-16-10-21-24(13-16)12-15-3-2-6-20-9-15/h2-3,6,9-11,13,17H,4-5,7-8,12H2,1H3,(H,22,26). The Bertz CT molecular complexity index is 911. The minimum absolute atomic E-state index is 0.223. The molecule has 8 heteroatoms. The highest BCUT2D eigenvalue weighted by atomic mass is 16.5. The van der Waals surface area contributed by atoms with Crippen LogP contribution in [0.2, 0.25) is 0 Å². The lowest BCUT2D eigenvalue weighted by Gasteiger charge is -2.22. The molecular weight excluding hydrogens is 344 g/mol. The maximum Gasteiger partial charge on any atom is 0.276 e. The van der Waals surface area contributed by atoms with E-state index in [1.54, 1.807) is 29.5 Å². The van der Waals surface area contributed by atoms with Crippen molar-refractivity contribution >= 4 is 11.6 Å². The fourth-order valence-corrected chi connectivity index (χ4v) is 3.23. The van der Waals surface area contributed by atoms with Crippen LogP contribution in [0.1, 0.15) is 40.5 Å². The second kappa shape index (κ2) is 7.71. The Labute approximate surface area is 157 Å². The molecule has 3 aromatic heterocycles. The number of anilines is 1. The van der Waals surface area contributed by atoms with Gasteiger partial charge in [-0.1, -0.05) is 6.07 Å². The molecule has 0 unspecified atom stereocenters. The van der Waals surface area contributed by atoms with Gasteiger partial charge >= 0.3 is 0 Å². The zero-order chi connectivity index (χ0) is 18.6. The topological polar surface area (TPSA) is 86.9 Å². The van der Waals surface area contributed by atoms with Gasteiger partial charge in [0.1, 0.15) is 0 Å². The van der Waals surface area contributed by atoms with E-state index in [0.29, 0.717) is 24.0 Å². The third kappa shape index (κ3) is 4.06. The normalized spacial score (nSPS) is 15.0. The highest BCUT2D eigenvalue weighted by Crippen LogP contribution is 2.22. The van der Waals surface area contributed by atoms with E-state index >= 15 is 0 Å². The summed E-state index contributed by atoms with van der Waals surface area (Å²) in [6.07, 6.45) is 10.8. The first kappa shape index (κ1) is 17.4. The van der Waals surface area contributed by atoms with Crippen LogP contribution in [0.3, 0.4) is 0 Å². The molecule has 0 aliphatic carbocycles. The Balaban J connectivity index is 1.42. The second-order valence-corrected chi connectivity index (χ2v) is 6.73. The fraction of sp³-hybridized carbons (Fsp3) is 0.368. The van der Waals surface area contributed by atoms with Gasteiger partial charge in [-0.3, -0.25) is 19.1 Å². The van der Waals surface area contributed by atoms with Crippen molar-refractivity contribution < 1.29 is 9.53 Å². The highest BCUT2D eigenvalue weighted by Gasteiger charge is 2.21. The minimum atomic E-state index is -0.223. The second-order valence-electron chi connectivity index (χ2n) is 6.73. The van der Waals surface area contributed by atoms with Crippen molar-refractivity contribution in [2.45, 2.75) is 32.4 Å². The quantitative estimate of drug-likeness (QED) is 0.749. The molecule has 8 nitrogen and oxygen atoms in total. The number of hydrogen-bond acceptors (Lipinski definition) is 5. The number of hydrogen-bond donors (Lipinski definition) is 1. The van der Waals surface area contributed by atoms with E-state index in [1.807, 2.05) is 29.9 Å². The van der Waals surface area contributed by atoms with Crippen LogP contribution in [0, 0.1) is 6.92 Å². The summed E-state index contributed by atoms with van der Waals surface area (Å²) in [5.41, 5.74) is 3.00. The number of rotatable bonds is 5. The number of ether oxygens (including phenoxy) is 1. The number of amides is 1. The molecule has 1 amide bonds. The Hall–Kier alpha value is -3.00. The molecule has 140 valence electrons. The number of nitrogens with zero attached hydrogens (tertiary/aromatic N) is 5. The number of aromatic nitrogens is 5. The molecule has 0 aromatic carbocycles. The van der Waals surface area contributed by atoms with Crippen LogP contribution < -0.4 is 5.32 Å². The molecule has 1 aliphatic heterocycles. The van der Waals surface area contributed by atoms with Crippen molar-refractivity contribution in [2.24, 2.45) is 0 Å². The van der Waals surface area contributed by atoms with Crippen LogP contribution in [0.4, 0.5) is 5.69 Å². The molecule has 0 saturated carbocycles. The van der Waals surface area contributed by atoms with E-state index in [1.165, 1.54) is 0 Å². The summed E-state index contributed by atoms with van der Waals surface area (Å²) in [4.78, 5) is 16.7. The van der Waals surface area contributed by atoms with E-state index in [2.05, 4.69) is 20.5 Å². The molecule has 1 saturated heterocycles. The molecule has 1 aliphatic rings. The van der Waals surface area contributed by atoms with Gasteiger partial charge in [0, 0.05) is 43.6 Å².